The van der Waals surface area contributed by atoms with Gasteiger partial charge in [-0.25, -0.2) is 9.97 Å². The zero-order valence-corrected chi connectivity index (χ0v) is 14.6. The molecule has 0 bridgehead atoms. The van der Waals surface area contributed by atoms with Crippen LogP contribution in [0.1, 0.15) is 5.56 Å². The fourth-order valence-electron chi connectivity index (χ4n) is 2.25. The molecule has 2 N–H and O–H groups in total. The second-order valence-electron chi connectivity index (χ2n) is 5.34. The fourth-order valence-corrected chi connectivity index (χ4v) is 3.16. The minimum atomic E-state index is 0.598. The first-order valence-corrected chi connectivity index (χ1v) is 8.56. The highest BCUT2D eigenvalue weighted by Crippen LogP contribution is 2.30. The van der Waals surface area contributed by atoms with Crippen molar-refractivity contribution in [1.82, 2.24) is 9.97 Å². The van der Waals surface area contributed by atoms with Crippen LogP contribution in [0.2, 0.25) is 0 Å². The van der Waals surface area contributed by atoms with E-state index in [9.17, 15) is 0 Å². The second kappa shape index (κ2) is 7.90. The Balaban J connectivity index is 1.73. The van der Waals surface area contributed by atoms with Crippen molar-refractivity contribution in [3.05, 3.63) is 54.2 Å². The Morgan fingerprint density at radius 2 is 2.08 bits per heavy atom. The molecule has 0 radical (unpaired) electrons. The lowest BCUT2D eigenvalue weighted by Crippen LogP contribution is -2.05. The van der Waals surface area contributed by atoms with Crippen LogP contribution < -0.4 is 10.6 Å². The molecule has 1 aromatic carbocycles. The molecule has 0 atom stereocenters. The molecule has 0 saturated carbocycles. The minimum absolute atomic E-state index is 0.598. The van der Waals surface area contributed by atoms with Crippen molar-refractivity contribution in [2.45, 2.75) is 6.92 Å². The summed E-state index contributed by atoms with van der Waals surface area (Å²) in [5.74, 6) is 0.598. The van der Waals surface area contributed by atoms with Crippen LogP contribution in [0.25, 0.3) is 10.6 Å². The molecule has 0 unspecified atom stereocenters. The van der Waals surface area contributed by atoms with Gasteiger partial charge in [-0.1, -0.05) is 12.1 Å². The molecule has 0 saturated heterocycles. The van der Waals surface area contributed by atoms with Gasteiger partial charge in [0.25, 0.3) is 0 Å². The van der Waals surface area contributed by atoms with Crippen molar-refractivity contribution >= 4 is 28.0 Å². The molecule has 5 nitrogen and oxygen atoms in total. The Morgan fingerprint density at radius 3 is 2.92 bits per heavy atom. The van der Waals surface area contributed by atoms with Crippen molar-refractivity contribution < 1.29 is 4.74 Å². The molecular formula is C18H20N4OS. The van der Waals surface area contributed by atoms with E-state index in [1.807, 2.05) is 18.2 Å². The summed E-state index contributed by atoms with van der Waals surface area (Å²) in [7, 11) is 1.70. The summed E-state index contributed by atoms with van der Waals surface area (Å²) in [5.41, 5.74) is 3.09. The molecule has 0 fully saturated rings. The number of methoxy groups -OCH3 is 1. The molecule has 124 valence electrons. The van der Waals surface area contributed by atoms with Crippen molar-refractivity contribution in [1.29, 1.82) is 0 Å². The summed E-state index contributed by atoms with van der Waals surface area (Å²) in [4.78, 5) is 10.0. The van der Waals surface area contributed by atoms with Crippen LogP contribution in [0.5, 0.6) is 0 Å². The number of ether oxygens (including phenoxy) is 1. The maximum atomic E-state index is 5.05. The van der Waals surface area contributed by atoms with Crippen molar-refractivity contribution in [2.24, 2.45) is 0 Å². The van der Waals surface area contributed by atoms with E-state index in [0.29, 0.717) is 12.6 Å². The van der Waals surface area contributed by atoms with Gasteiger partial charge in [-0.3, -0.25) is 0 Å². The molecule has 24 heavy (non-hydrogen) atoms. The standard InChI is InChI=1S/C18H20N4OS/c1-13-4-3-5-14(12-13)21-18-20-9-8-15(22-18)16-6-7-17(24-16)19-10-11-23-2/h3-9,12,19H,10-11H2,1-2H3,(H,20,21,22). The number of nitrogens with zero attached hydrogens (tertiary/aromatic N) is 2. The molecule has 3 aromatic rings. The van der Waals surface area contributed by atoms with Gasteiger partial charge in [-0.15, -0.1) is 11.3 Å². The molecule has 0 aliphatic carbocycles. The van der Waals surface area contributed by atoms with Crippen LogP contribution in [0.4, 0.5) is 16.6 Å². The summed E-state index contributed by atoms with van der Waals surface area (Å²) in [6.45, 7) is 3.54. The predicted molar refractivity (Wildman–Crippen MR) is 100 cm³/mol. The quantitative estimate of drug-likeness (QED) is 0.628. The number of hydrogen-bond acceptors (Lipinski definition) is 6. The van der Waals surface area contributed by atoms with Crippen molar-refractivity contribution in [2.75, 3.05) is 30.9 Å². The number of rotatable bonds is 7. The summed E-state index contributed by atoms with van der Waals surface area (Å²) in [6.07, 6.45) is 1.78. The van der Waals surface area contributed by atoms with Gasteiger partial charge >= 0.3 is 0 Å². The summed E-state index contributed by atoms with van der Waals surface area (Å²) in [5, 5.41) is 7.69. The highest BCUT2D eigenvalue weighted by Gasteiger charge is 2.06. The van der Waals surface area contributed by atoms with Gasteiger partial charge in [-0.05, 0) is 42.8 Å². The van der Waals surface area contributed by atoms with Gasteiger partial charge in [0.1, 0.15) is 0 Å². The summed E-state index contributed by atoms with van der Waals surface area (Å²) < 4.78 is 5.05. The number of thiophene rings is 1. The Bertz CT molecular complexity index is 803. The third-order valence-corrected chi connectivity index (χ3v) is 4.46. The predicted octanol–water partition coefficient (Wildman–Crippen LogP) is 4.32. The minimum Gasteiger partial charge on any atom is -0.383 e. The zero-order valence-electron chi connectivity index (χ0n) is 13.7. The smallest absolute Gasteiger partial charge is 0.227 e. The number of aryl methyl sites for hydroxylation is 1. The molecular weight excluding hydrogens is 320 g/mol. The van der Waals surface area contributed by atoms with Gasteiger partial charge in [0.15, 0.2) is 0 Å². The van der Waals surface area contributed by atoms with E-state index in [-0.39, 0.29) is 0 Å². The highest BCUT2D eigenvalue weighted by atomic mass is 32.1. The van der Waals surface area contributed by atoms with Crippen LogP contribution in [0, 0.1) is 6.92 Å². The zero-order chi connectivity index (χ0) is 16.8. The van der Waals surface area contributed by atoms with Crippen LogP contribution in [0.15, 0.2) is 48.7 Å². The SMILES string of the molecule is COCCNc1ccc(-c2ccnc(Nc3cccc(C)c3)n2)s1. The monoisotopic (exact) mass is 340 g/mol. The van der Waals surface area contributed by atoms with E-state index < -0.39 is 0 Å². The molecule has 2 aromatic heterocycles. The Kier molecular flexibility index (Phi) is 5.40. The van der Waals surface area contributed by atoms with Gasteiger partial charge in [0, 0.05) is 25.5 Å². The number of hydrogen-bond donors (Lipinski definition) is 2. The number of nitrogens with one attached hydrogen (secondary N) is 2. The average molecular weight is 340 g/mol. The first-order chi connectivity index (χ1) is 11.7. The lowest BCUT2D eigenvalue weighted by molar-refractivity contribution is 0.211. The van der Waals surface area contributed by atoms with Gasteiger partial charge in [0.2, 0.25) is 5.95 Å². The van der Waals surface area contributed by atoms with Gasteiger partial charge in [0.05, 0.1) is 22.2 Å². The van der Waals surface area contributed by atoms with Crippen molar-refractivity contribution in [3.63, 3.8) is 0 Å². The lowest BCUT2D eigenvalue weighted by atomic mass is 10.2. The number of aromatic nitrogens is 2. The normalized spacial score (nSPS) is 10.6. The maximum absolute atomic E-state index is 5.05. The Morgan fingerprint density at radius 1 is 1.17 bits per heavy atom. The third kappa shape index (κ3) is 4.31. The lowest BCUT2D eigenvalue weighted by Gasteiger charge is -2.06. The number of anilines is 3. The van der Waals surface area contributed by atoms with Crippen LogP contribution in [-0.4, -0.2) is 30.2 Å². The van der Waals surface area contributed by atoms with Crippen LogP contribution in [0.3, 0.4) is 0 Å². The van der Waals surface area contributed by atoms with E-state index in [2.05, 4.69) is 51.8 Å². The third-order valence-electron chi connectivity index (χ3n) is 3.39. The van der Waals surface area contributed by atoms with E-state index in [0.717, 1.165) is 27.8 Å². The van der Waals surface area contributed by atoms with Crippen molar-refractivity contribution in [3.8, 4) is 10.6 Å². The van der Waals surface area contributed by atoms with E-state index in [1.165, 1.54) is 5.56 Å². The molecule has 2 heterocycles. The van der Waals surface area contributed by atoms with Crippen LogP contribution in [-0.2, 0) is 4.74 Å². The Hall–Kier alpha value is -2.44. The molecule has 3 rings (SSSR count). The van der Waals surface area contributed by atoms with Gasteiger partial charge in [-0.2, -0.15) is 0 Å². The average Bonchev–Trinajstić information content (AvgIpc) is 3.04. The largest absolute Gasteiger partial charge is 0.383 e. The second-order valence-corrected chi connectivity index (χ2v) is 6.43. The summed E-state index contributed by atoms with van der Waals surface area (Å²) in [6, 6.07) is 14.2. The topological polar surface area (TPSA) is 59.1 Å². The number of benzene rings is 1. The molecule has 0 aliphatic rings. The molecule has 6 heteroatoms. The first-order valence-electron chi connectivity index (χ1n) is 7.74. The van der Waals surface area contributed by atoms with Crippen LogP contribution >= 0.6 is 11.3 Å². The first kappa shape index (κ1) is 16.4. The summed E-state index contributed by atoms with van der Waals surface area (Å²) >= 11 is 1.67. The van der Waals surface area contributed by atoms with Gasteiger partial charge < -0.3 is 15.4 Å². The fraction of sp³-hybridized carbons (Fsp3) is 0.222. The molecule has 0 spiro atoms. The molecule has 0 amide bonds. The van der Waals surface area contributed by atoms with E-state index >= 15 is 0 Å². The Labute approximate surface area is 145 Å². The van der Waals surface area contributed by atoms with E-state index in [1.54, 1.807) is 24.6 Å². The highest BCUT2D eigenvalue weighted by molar-refractivity contribution is 7.19. The maximum Gasteiger partial charge on any atom is 0.227 e. The molecule has 0 aliphatic heterocycles. The van der Waals surface area contributed by atoms with E-state index in [4.69, 9.17) is 4.74 Å².